The quantitative estimate of drug-likeness (QED) is 0.846. The van der Waals surface area contributed by atoms with Gasteiger partial charge in [0.05, 0.1) is 5.52 Å². The van der Waals surface area contributed by atoms with Gasteiger partial charge in [-0.25, -0.2) is 8.78 Å². The van der Waals surface area contributed by atoms with Crippen molar-refractivity contribution in [1.82, 2.24) is 4.57 Å². The van der Waals surface area contributed by atoms with Crippen LogP contribution in [0, 0.1) is 17.0 Å². The molecule has 0 atom stereocenters. The second kappa shape index (κ2) is 5.62. The van der Waals surface area contributed by atoms with Gasteiger partial charge in [0.2, 0.25) is 5.91 Å². The number of carbonyl (C=O) groups is 1. The molecule has 3 nitrogen and oxygen atoms in total. The molecule has 0 bridgehead atoms. The Labute approximate surface area is 134 Å². The highest BCUT2D eigenvalue weighted by atomic mass is 19.1. The summed E-state index contributed by atoms with van der Waals surface area (Å²) < 4.78 is 30.1. The highest BCUT2D eigenvalue weighted by Gasteiger charge is 2.29. The standard InChI is InChI=1S/C18H22F2N2O/c1-18(2,3)10-15(23)21-17-16(20)13-8-7-11(19)9-14(13)22(17)12-5-4-6-12/h7-9,12H,4-6,10H2,1-3H3,(H,21,23). The summed E-state index contributed by atoms with van der Waals surface area (Å²) in [6, 6.07) is 4.15. The number of anilines is 1. The third kappa shape index (κ3) is 3.09. The SMILES string of the molecule is CC(C)(C)CC(=O)Nc1c(F)c2ccc(F)cc2n1C1CCC1. The van der Waals surface area contributed by atoms with E-state index in [1.54, 1.807) is 4.57 Å². The zero-order chi connectivity index (χ0) is 16.8. The van der Waals surface area contributed by atoms with Crippen molar-refractivity contribution in [2.75, 3.05) is 5.32 Å². The molecule has 0 spiro atoms. The lowest BCUT2D eigenvalue weighted by Gasteiger charge is -2.30. The summed E-state index contributed by atoms with van der Waals surface area (Å²) in [5.74, 6) is -0.929. The van der Waals surface area contributed by atoms with Crippen LogP contribution in [-0.2, 0) is 4.79 Å². The zero-order valence-electron chi connectivity index (χ0n) is 13.7. The molecule has 1 aliphatic carbocycles. The van der Waals surface area contributed by atoms with Crippen LogP contribution in [0.1, 0.15) is 52.5 Å². The monoisotopic (exact) mass is 320 g/mol. The molecule has 1 fully saturated rings. The summed E-state index contributed by atoms with van der Waals surface area (Å²) in [6.07, 6.45) is 3.20. The largest absolute Gasteiger partial charge is 0.322 e. The minimum absolute atomic E-state index is 0.119. The number of hydrogen-bond acceptors (Lipinski definition) is 1. The minimum atomic E-state index is -0.478. The van der Waals surface area contributed by atoms with Crippen LogP contribution in [0.4, 0.5) is 14.6 Å². The molecule has 0 saturated heterocycles. The molecule has 2 aromatic rings. The summed E-state index contributed by atoms with van der Waals surface area (Å²) in [6.45, 7) is 5.87. The second-order valence-corrected chi connectivity index (χ2v) is 7.56. The molecule has 1 aromatic carbocycles. The number of fused-ring (bicyclic) bond motifs is 1. The molecule has 124 valence electrons. The van der Waals surface area contributed by atoms with Gasteiger partial charge >= 0.3 is 0 Å². The van der Waals surface area contributed by atoms with Crippen molar-refractivity contribution in [2.24, 2.45) is 5.41 Å². The van der Waals surface area contributed by atoms with Crippen molar-refractivity contribution >= 4 is 22.6 Å². The fourth-order valence-electron chi connectivity index (χ4n) is 3.04. The van der Waals surface area contributed by atoms with Crippen LogP contribution in [-0.4, -0.2) is 10.5 Å². The first-order valence-corrected chi connectivity index (χ1v) is 8.05. The van der Waals surface area contributed by atoms with E-state index in [1.807, 2.05) is 20.8 Å². The topological polar surface area (TPSA) is 34.0 Å². The number of aromatic nitrogens is 1. The first-order chi connectivity index (χ1) is 10.8. The van der Waals surface area contributed by atoms with Gasteiger partial charge in [0.25, 0.3) is 0 Å². The molecule has 0 radical (unpaired) electrons. The number of rotatable bonds is 3. The zero-order valence-corrected chi connectivity index (χ0v) is 13.7. The van der Waals surface area contributed by atoms with Crippen molar-refractivity contribution in [3.05, 3.63) is 29.8 Å². The average Bonchev–Trinajstić information content (AvgIpc) is 2.60. The Morgan fingerprint density at radius 1 is 1.30 bits per heavy atom. The van der Waals surface area contributed by atoms with E-state index < -0.39 is 11.6 Å². The predicted octanol–water partition coefficient (Wildman–Crippen LogP) is 5.02. The third-order valence-corrected chi connectivity index (χ3v) is 4.29. The molecule has 23 heavy (non-hydrogen) atoms. The van der Waals surface area contributed by atoms with Crippen LogP contribution < -0.4 is 5.32 Å². The van der Waals surface area contributed by atoms with Crippen LogP contribution in [0.15, 0.2) is 18.2 Å². The molecule has 0 aliphatic heterocycles. The van der Waals surface area contributed by atoms with E-state index in [4.69, 9.17) is 0 Å². The van der Waals surface area contributed by atoms with Crippen LogP contribution in [0.3, 0.4) is 0 Å². The molecule has 1 N–H and O–H groups in total. The van der Waals surface area contributed by atoms with Gasteiger partial charge in [-0.15, -0.1) is 0 Å². The molecule has 1 aromatic heterocycles. The lowest BCUT2D eigenvalue weighted by atomic mass is 9.92. The molecule has 1 heterocycles. The minimum Gasteiger partial charge on any atom is -0.322 e. The van der Waals surface area contributed by atoms with Crippen LogP contribution in [0.2, 0.25) is 0 Å². The highest BCUT2D eigenvalue weighted by Crippen LogP contribution is 2.40. The van der Waals surface area contributed by atoms with Crippen molar-refractivity contribution < 1.29 is 13.6 Å². The number of nitrogens with one attached hydrogen (secondary N) is 1. The number of halogens is 2. The number of carbonyl (C=O) groups excluding carboxylic acids is 1. The van der Waals surface area contributed by atoms with Gasteiger partial charge in [0.1, 0.15) is 5.82 Å². The smallest absolute Gasteiger partial charge is 0.226 e. The van der Waals surface area contributed by atoms with Crippen LogP contribution in [0.25, 0.3) is 10.9 Å². The summed E-state index contributed by atoms with van der Waals surface area (Å²) in [4.78, 5) is 12.2. The van der Waals surface area contributed by atoms with Crippen LogP contribution >= 0.6 is 0 Å². The van der Waals surface area contributed by atoms with Gasteiger partial charge < -0.3 is 9.88 Å². The molecular weight excluding hydrogens is 298 g/mol. The number of nitrogens with zero attached hydrogens (tertiary/aromatic N) is 1. The summed E-state index contributed by atoms with van der Waals surface area (Å²) in [5, 5.41) is 3.07. The van der Waals surface area contributed by atoms with E-state index in [2.05, 4.69) is 5.32 Å². The van der Waals surface area contributed by atoms with E-state index in [9.17, 15) is 13.6 Å². The Kier molecular flexibility index (Phi) is 3.90. The number of benzene rings is 1. The highest BCUT2D eigenvalue weighted by molar-refractivity contribution is 5.95. The molecule has 1 aliphatic rings. The predicted molar refractivity (Wildman–Crippen MR) is 87.4 cm³/mol. The Hall–Kier alpha value is -1.91. The fraction of sp³-hybridized carbons (Fsp3) is 0.500. The average molecular weight is 320 g/mol. The second-order valence-electron chi connectivity index (χ2n) is 7.56. The maximum absolute atomic E-state index is 14.8. The van der Waals surface area contributed by atoms with Crippen molar-refractivity contribution in [3.63, 3.8) is 0 Å². The van der Waals surface area contributed by atoms with Gasteiger partial charge in [-0.1, -0.05) is 20.8 Å². The van der Waals surface area contributed by atoms with E-state index in [0.717, 1.165) is 19.3 Å². The molecular formula is C18H22F2N2O. The Balaban J connectivity index is 2.04. The summed E-state index contributed by atoms with van der Waals surface area (Å²) in [5.41, 5.74) is 0.332. The molecule has 3 rings (SSSR count). The Morgan fingerprint density at radius 2 is 2.00 bits per heavy atom. The van der Waals surface area contributed by atoms with Crippen LogP contribution in [0.5, 0.6) is 0 Å². The van der Waals surface area contributed by atoms with Crippen molar-refractivity contribution in [3.8, 4) is 0 Å². The maximum atomic E-state index is 14.8. The maximum Gasteiger partial charge on any atom is 0.226 e. The van der Waals surface area contributed by atoms with E-state index in [1.165, 1.54) is 18.2 Å². The van der Waals surface area contributed by atoms with Gasteiger partial charge in [0, 0.05) is 17.8 Å². The lowest BCUT2D eigenvalue weighted by Crippen LogP contribution is -2.24. The number of amides is 1. The van der Waals surface area contributed by atoms with Gasteiger partial charge in [-0.3, -0.25) is 4.79 Å². The number of hydrogen-bond donors (Lipinski definition) is 1. The van der Waals surface area contributed by atoms with Gasteiger partial charge in [-0.2, -0.15) is 0 Å². The molecule has 0 unspecified atom stereocenters. The lowest BCUT2D eigenvalue weighted by molar-refractivity contribution is -0.117. The van der Waals surface area contributed by atoms with E-state index >= 15 is 0 Å². The molecule has 5 heteroatoms. The van der Waals surface area contributed by atoms with Crippen molar-refractivity contribution in [2.45, 2.75) is 52.5 Å². The molecule has 1 saturated carbocycles. The first kappa shape index (κ1) is 16.0. The van der Waals surface area contributed by atoms with E-state index in [-0.39, 0.29) is 23.2 Å². The summed E-state index contributed by atoms with van der Waals surface area (Å²) in [7, 11) is 0. The molecule has 1 amide bonds. The Morgan fingerprint density at radius 3 is 2.57 bits per heavy atom. The fourth-order valence-corrected chi connectivity index (χ4v) is 3.04. The third-order valence-electron chi connectivity index (χ3n) is 4.29. The van der Waals surface area contributed by atoms with Crippen molar-refractivity contribution in [1.29, 1.82) is 0 Å². The van der Waals surface area contributed by atoms with Gasteiger partial charge in [-0.05, 0) is 42.9 Å². The van der Waals surface area contributed by atoms with Gasteiger partial charge in [0.15, 0.2) is 11.6 Å². The normalized spacial score (nSPS) is 15.7. The first-order valence-electron chi connectivity index (χ1n) is 8.05. The van der Waals surface area contributed by atoms with E-state index in [0.29, 0.717) is 17.3 Å². The summed E-state index contributed by atoms with van der Waals surface area (Å²) >= 11 is 0. The Bertz CT molecular complexity index is 754.